The summed E-state index contributed by atoms with van der Waals surface area (Å²) >= 11 is 0. The van der Waals surface area contributed by atoms with Gasteiger partial charge in [0, 0.05) is 12.5 Å². The van der Waals surface area contributed by atoms with Gasteiger partial charge >= 0.3 is 11.9 Å². The molecule has 0 aliphatic carbocycles. The van der Waals surface area contributed by atoms with Gasteiger partial charge in [0.05, 0.1) is 0 Å². The van der Waals surface area contributed by atoms with Gasteiger partial charge in [-0.05, 0) is 19.3 Å². The van der Waals surface area contributed by atoms with Crippen molar-refractivity contribution in [2.45, 2.75) is 89.9 Å². The van der Waals surface area contributed by atoms with Gasteiger partial charge in [-0.2, -0.15) is 0 Å². The van der Waals surface area contributed by atoms with Gasteiger partial charge in [-0.25, -0.2) is 4.79 Å². The summed E-state index contributed by atoms with van der Waals surface area (Å²) in [5.74, 6) is -1.58. The maximum Gasteiger partial charge on any atom is 0.328 e. The van der Waals surface area contributed by atoms with Crippen molar-refractivity contribution in [1.82, 2.24) is 0 Å². The minimum atomic E-state index is -0.905. The second kappa shape index (κ2) is 17.8. The molecule has 2 N–H and O–H groups in total. The predicted molar refractivity (Wildman–Crippen MR) is 98.2 cm³/mol. The van der Waals surface area contributed by atoms with Gasteiger partial charge in [0.15, 0.2) is 0 Å². The van der Waals surface area contributed by atoms with Crippen LogP contribution in [0.15, 0.2) is 24.3 Å². The summed E-state index contributed by atoms with van der Waals surface area (Å²) in [6.07, 6.45) is 22.4. The van der Waals surface area contributed by atoms with E-state index in [1.807, 2.05) is 6.08 Å². The van der Waals surface area contributed by atoms with Crippen molar-refractivity contribution in [3.63, 3.8) is 0 Å². The fraction of sp³-hybridized carbons (Fsp3) is 0.700. The molecule has 0 rings (SSSR count). The number of rotatable bonds is 17. The quantitative estimate of drug-likeness (QED) is 0.202. The molecule has 0 saturated heterocycles. The Morgan fingerprint density at radius 1 is 0.625 bits per heavy atom. The average Bonchev–Trinajstić information content (AvgIpc) is 2.53. The van der Waals surface area contributed by atoms with Gasteiger partial charge < -0.3 is 10.2 Å². The zero-order valence-electron chi connectivity index (χ0n) is 14.9. The molecule has 0 bridgehead atoms. The van der Waals surface area contributed by atoms with Crippen molar-refractivity contribution in [3.05, 3.63) is 24.3 Å². The third-order valence-corrected chi connectivity index (χ3v) is 4.00. The number of hydrogen-bond acceptors (Lipinski definition) is 2. The Morgan fingerprint density at radius 2 is 1.08 bits per heavy atom. The van der Waals surface area contributed by atoms with Crippen molar-refractivity contribution >= 4 is 11.9 Å². The number of hydrogen-bond donors (Lipinski definition) is 2. The highest BCUT2D eigenvalue weighted by atomic mass is 16.4. The van der Waals surface area contributed by atoms with Crippen molar-refractivity contribution < 1.29 is 19.8 Å². The first-order chi connectivity index (χ1) is 11.6. The van der Waals surface area contributed by atoms with Gasteiger partial charge in [-0.1, -0.05) is 82.4 Å². The van der Waals surface area contributed by atoms with Gasteiger partial charge in [-0.3, -0.25) is 4.79 Å². The first-order valence-corrected chi connectivity index (χ1v) is 9.41. The summed E-state index contributed by atoms with van der Waals surface area (Å²) in [4.78, 5) is 20.6. The van der Waals surface area contributed by atoms with Crippen LogP contribution in [0.4, 0.5) is 0 Å². The number of carbonyl (C=O) groups is 2. The molecule has 138 valence electrons. The molecule has 0 unspecified atom stereocenters. The molecule has 0 aliphatic rings. The summed E-state index contributed by atoms with van der Waals surface area (Å²) in [7, 11) is 0. The van der Waals surface area contributed by atoms with E-state index < -0.39 is 11.9 Å². The molecule has 4 nitrogen and oxygen atoms in total. The topological polar surface area (TPSA) is 74.6 Å². The number of unbranched alkanes of at least 4 members (excludes halogenated alkanes) is 12. The van der Waals surface area contributed by atoms with Gasteiger partial charge in [0.1, 0.15) is 0 Å². The SMILES string of the molecule is O=C(O)/C=C/C=C/CCCCCCCCCCCCCCC(=O)O. The summed E-state index contributed by atoms with van der Waals surface area (Å²) in [6.45, 7) is 0. The molecule has 24 heavy (non-hydrogen) atoms. The summed E-state index contributed by atoms with van der Waals surface area (Å²) in [6, 6.07) is 0. The molecule has 0 aromatic rings. The Hall–Kier alpha value is -1.58. The normalized spacial score (nSPS) is 11.5. The molecule has 0 fully saturated rings. The molecule has 0 amide bonds. The van der Waals surface area contributed by atoms with Crippen LogP contribution in [0.2, 0.25) is 0 Å². The lowest BCUT2D eigenvalue weighted by atomic mass is 10.0. The summed E-state index contributed by atoms with van der Waals surface area (Å²) in [5, 5.41) is 16.9. The van der Waals surface area contributed by atoms with Crippen LogP contribution in [0, 0.1) is 0 Å². The predicted octanol–water partition coefficient (Wildman–Crippen LogP) is 5.73. The zero-order chi connectivity index (χ0) is 17.9. The largest absolute Gasteiger partial charge is 0.481 e. The van der Waals surface area contributed by atoms with Crippen LogP contribution in [0.1, 0.15) is 89.9 Å². The van der Waals surface area contributed by atoms with Gasteiger partial charge in [0.2, 0.25) is 0 Å². The van der Waals surface area contributed by atoms with Crippen LogP contribution in [0.3, 0.4) is 0 Å². The molecule has 0 aromatic heterocycles. The van der Waals surface area contributed by atoms with E-state index in [0.29, 0.717) is 6.42 Å². The second-order valence-electron chi connectivity index (χ2n) is 6.30. The molecule has 0 aliphatic heterocycles. The summed E-state index contributed by atoms with van der Waals surface area (Å²) in [5.41, 5.74) is 0. The molecule has 0 heterocycles. The van der Waals surface area contributed by atoms with E-state index in [1.165, 1.54) is 64.2 Å². The first-order valence-electron chi connectivity index (χ1n) is 9.41. The van der Waals surface area contributed by atoms with E-state index in [1.54, 1.807) is 12.2 Å². The third-order valence-electron chi connectivity index (χ3n) is 4.00. The first kappa shape index (κ1) is 22.4. The van der Waals surface area contributed by atoms with E-state index >= 15 is 0 Å². The van der Waals surface area contributed by atoms with E-state index in [2.05, 4.69) is 0 Å². The highest BCUT2D eigenvalue weighted by Gasteiger charge is 1.97. The Morgan fingerprint density at radius 3 is 1.54 bits per heavy atom. The molecule has 0 atom stereocenters. The zero-order valence-corrected chi connectivity index (χ0v) is 14.9. The lowest BCUT2D eigenvalue weighted by Crippen LogP contribution is -1.93. The Balaban J connectivity index is 3.12. The van der Waals surface area contributed by atoms with E-state index in [9.17, 15) is 9.59 Å². The highest BCUT2D eigenvalue weighted by Crippen LogP contribution is 2.13. The second-order valence-corrected chi connectivity index (χ2v) is 6.30. The summed E-state index contributed by atoms with van der Waals surface area (Å²) < 4.78 is 0. The molecular weight excluding hydrogens is 304 g/mol. The number of aliphatic carboxylic acids is 2. The maximum absolute atomic E-state index is 10.4. The Kier molecular flexibility index (Phi) is 16.6. The molecular formula is C20H34O4. The van der Waals surface area contributed by atoms with Crippen LogP contribution in [-0.4, -0.2) is 22.2 Å². The molecule has 0 spiro atoms. The fourth-order valence-corrected chi connectivity index (χ4v) is 2.62. The average molecular weight is 338 g/mol. The third kappa shape index (κ3) is 20.4. The molecule has 0 saturated carbocycles. The van der Waals surface area contributed by atoms with Crippen LogP contribution in [-0.2, 0) is 9.59 Å². The van der Waals surface area contributed by atoms with Gasteiger partial charge in [0.25, 0.3) is 0 Å². The van der Waals surface area contributed by atoms with E-state index in [-0.39, 0.29) is 0 Å². The monoisotopic (exact) mass is 338 g/mol. The molecule has 4 heteroatoms. The smallest absolute Gasteiger partial charge is 0.328 e. The van der Waals surface area contributed by atoms with Crippen molar-refractivity contribution in [2.75, 3.05) is 0 Å². The fourth-order valence-electron chi connectivity index (χ4n) is 2.62. The number of allylic oxidation sites excluding steroid dienone is 3. The molecule has 0 aromatic carbocycles. The van der Waals surface area contributed by atoms with Crippen LogP contribution < -0.4 is 0 Å². The van der Waals surface area contributed by atoms with E-state index in [4.69, 9.17) is 10.2 Å². The lowest BCUT2D eigenvalue weighted by molar-refractivity contribution is -0.137. The Bertz CT molecular complexity index is 372. The lowest BCUT2D eigenvalue weighted by Gasteiger charge is -2.02. The Labute approximate surface area is 146 Å². The minimum Gasteiger partial charge on any atom is -0.481 e. The van der Waals surface area contributed by atoms with E-state index in [0.717, 1.165) is 25.3 Å². The number of carboxylic acids is 2. The van der Waals surface area contributed by atoms with Crippen molar-refractivity contribution in [1.29, 1.82) is 0 Å². The molecule has 0 radical (unpaired) electrons. The van der Waals surface area contributed by atoms with Gasteiger partial charge in [-0.15, -0.1) is 0 Å². The maximum atomic E-state index is 10.4. The highest BCUT2D eigenvalue weighted by molar-refractivity contribution is 5.80. The van der Waals surface area contributed by atoms with Crippen LogP contribution in [0.25, 0.3) is 0 Å². The minimum absolute atomic E-state index is 0.314. The standard InChI is InChI=1S/C20H34O4/c21-19(22)17-15-13-11-9-7-5-3-1-2-4-6-8-10-12-14-16-18-20(23)24/h11,13,15,17H,1-10,12,14,16,18H2,(H,21,22)(H,23,24)/b13-11+,17-15+. The van der Waals surface area contributed by atoms with Crippen LogP contribution >= 0.6 is 0 Å². The van der Waals surface area contributed by atoms with Crippen molar-refractivity contribution in [3.8, 4) is 0 Å². The van der Waals surface area contributed by atoms with Crippen LogP contribution in [0.5, 0.6) is 0 Å². The number of carboxylic acid groups (broad SMARTS) is 2. The van der Waals surface area contributed by atoms with Crippen molar-refractivity contribution in [2.24, 2.45) is 0 Å².